The van der Waals surface area contributed by atoms with Gasteiger partial charge in [0, 0.05) is 31.5 Å². The Labute approximate surface area is 135 Å². The van der Waals surface area contributed by atoms with Gasteiger partial charge in [-0.3, -0.25) is 18.9 Å². The molecule has 1 amide bonds. The lowest BCUT2D eigenvalue weighted by Crippen LogP contribution is -2.40. The van der Waals surface area contributed by atoms with Gasteiger partial charge in [-0.25, -0.2) is 4.98 Å². The summed E-state index contributed by atoms with van der Waals surface area (Å²) in [6.07, 6.45) is 4.00. The number of likely N-dealkylation sites (N-methyl/N-ethyl adjacent to an activating group) is 1. The summed E-state index contributed by atoms with van der Waals surface area (Å²) in [7, 11) is 0. The van der Waals surface area contributed by atoms with Crippen molar-refractivity contribution in [3.63, 3.8) is 0 Å². The number of carbonyl (C=O) groups excluding carboxylic acids is 1. The summed E-state index contributed by atoms with van der Waals surface area (Å²) in [6.45, 7) is 7.59. The first-order valence-corrected chi connectivity index (χ1v) is 8.15. The number of hydrogen-bond acceptors (Lipinski definition) is 4. The summed E-state index contributed by atoms with van der Waals surface area (Å²) >= 11 is 0. The van der Waals surface area contributed by atoms with E-state index >= 15 is 0 Å². The average Bonchev–Trinajstić information content (AvgIpc) is 3.06. The summed E-state index contributed by atoms with van der Waals surface area (Å²) < 4.78 is 1.42. The topological polar surface area (TPSA) is 57.9 Å². The molecule has 2 aromatic heterocycles. The Hall–Kier alpha value is -2.21. The van der Waals surface area contributed by atoms with E-state index in [-0.39, 0.29) is 17.0 Å². The van der Waals surface area contributed by atoms with E-state index in [2.05, 4.69) is 23.7 Å². The van der Waals surface area contributed by atoms with Gasteiger partial charge in [0.2, 0.25) is 0 Å². The highest BCUT2D eigenvalue weighted by molar-refractivity contribution is 5.94. The zero-order valence-electron chi connectivity index (χ0n) is 13.6. The van der Waals surface area contributed by atoms with Crippen LogP contribution < -0.4 is 5.56 Å². The first-order valence-electron chi connectivity index (χ1n) is 8.15. The van der Waals surface area contributed by atoms with E-state index in [1.807, 2.05) is 6.07 Å². The molecule has 0 N–H and O–H groups in total. The molecule has 0 spiro atoms. The van der Waals surface area contributed by atoms with E-state index in [0.29, 0.717) is 24.8 Å². The highest BCUT2D eigenvalue weighted by Gasteiger charge is 2.31. The molecule has 6 nitrogen and oxygen atoms in total. The summed E-state index contributed by atoms with van der Waals surface area (Å²) in [4.78, 5) is 33.6. The SMILES string of the molecule is CCN(CC)[C@@H]1CCN(C(=O)c2cnc3ccccn3c2=O)C1. The lowest BCUT2D eigenvalue weighted by atomic mass is 10.2. The molecule has 1 aliphatic rings. The van der Waals surface area contributed by atoms with Crippen molar-refractivity contribution >= 4 is 11.6 Å². The third-order valence-corrected chi connectivity index (χ3v) is 4.62. The monoisotopic (exact) mass is 314 g/mol. The molecular formula is C17H22N4O2. The zero-order chi connectivity index (χ0) is 16.4. The molecule has 122 valence electrons. The van der Waals surface area contributed by atoms with Crippen molar-refractivity contribution in [3.05, 3.63) is 46.5 Å². The van der Waals surface area contributed by atoms with E-state index in [4.69, 9.17) is 0 Å². The summed E-state index contributed by atoms with van der Waals surface area (Å²) in [6, 6.07) is 5.71. The minimum absolute atomic E-state index is 0.147. The minimum Gasteiger partial charge on any atom is -0.337 e. The fraction of sp³-hybridized carbons (Fsp3) is 0.471. The van der Waals surface area contributed by atoms with Crippen molar-refractivity contribution < 1.29 is 4.79 Å². The number of hydrogen-bond donors (Lipinski definition) is 0. The van der Waals surface area contributed by atoms with Gasteiger partial charge in [-0.05, 0) is 31.6 Å². The number of amides is 1. The van der Waals surface area contributed by atoms with Gasteiger partial charge in [-0.15, -0.1) is 0 Å². The van der Waals surface area contributed by atoms with Crippen LogP contribution in [-0.4, -0.2) is 57.3 Å². The predicted octanol–water partition coefficient (Wildman–Crippen LogP) is 1.25. The molecule has 23 heavy (non-hydrogen) atoms. The highest BCUT2D eigenvalue weighted by atomic mass is 16.2. The second-order valence-corrected chi connectivity index (χ2v) is 5.82. The second kappa shape index (κ2) is 6.50. The molecule has 3 heterocycles. The predicted molar refractivity (Wildman–Crippen MR) is 88.7 cm³/mol. The Morgan fingerprint density at radius 3 is 2.87 bits per heavy atom. The minimum atomic E-state index is -0.299. The van der Waals surface area contributed by atoms with E-state index in [1.54, 1.807) is 23.2 Å². The van der Waals surface area contributed by atoms with E-state index < -0.39 is 0 Å². The maximum Gasteiger partial charge on any atom is 0.270 e. The molecule has 0 aromatic carbocycles. The van der Waals surface area contributed by atoms with E-state index in [1.165, 1.54) is 10.6 Å². The number of fused-ring (bicyclic) bond motifs is 1. The van der Waals surface area contributed by atoms with Crippen molar-refractivity contribution in [2.75, 3.05) is 26.2 Å². The highest BCUT2D eigenvalue weighted by Crippen LogP contribution is 2.17. The summed E-state index contributed by atoms with van der Waals surface area (Å²) in [5, 5.41) is 0. The average molecular weight is 314 g/mol. The Kier molecular flexibility index (Phi) is 4.43. The van der Waals surface area contributed by atoms with Gasteiger partial charge in [0.1, 0.15) is 11.2 Å². The molecule has 1 fully saturated rings. The molecule has 0 unspecified atom stereocenters. The Morgan fingerprint density at radius 1 is 1.35 bits per heavy atom. The van der Waals surface area contributed by atoms with Crippen LogP contribution >= 0.6 is 0 Å². The standard InChI is InChI=1S/C17H22N4O2/c1-3-19(4-2)13-8-10-20(12-13)16(22)14-11-18-15-7-5-6-9-21(15)17(14)23/h5-7,9,11,13H,3-4,8,10,12H2,1-2H3/t13-/m1/s1. The van der Waals surface area contributed by atoms with Gasteiger partial charge in [0.15, 0.2) is 0 Å². The van der Waals surface area contributed by atoms with Crippen molar-refractivity contribution in [2.24, 2.45) is 0 Å². The fourth-order valence-corrected chi connectivity index (χ4v) is 3.31. The summed E-state index contributed by atoms with van der Waals surface area (Å²) in [5.41, 5.74) is 0.400. The third-order valence-electron chi connectivity index (χ3n) is 4.62. The van der Waals surface area contributed by atoms with Crippen molar-refractivity contribution in [1.29, 1.82) is 0 Å². The van der Waals surface area contributed by atoms with E-state index in [0.717, 1.165) is 19.5 Å². The van der Waals surface area contributed by atoms with Crippen LogP contribution in [0.5, 0.6) is 0 Å². The van der Waals surface area contributed by atoms with Crippen LogP contribution in [0.25, 0.3) is 5.65 Å². The molecular weight excluding hydrogens is 292 g/mol. The Balaban J connectivity index is 1.84. The molecule has 6 heteroatoms. The smallest absolute Gasteiger partial charge is 0.270 e. The van der Waals surface area contributed by atoms with Gasteiger partial charge < -0.3 is 4.90 Å². The normalized spacial score (nSPS) is 18.0. The molecule has 0 aliphatic carbocycles. The lowest BCUT2D eigenvalue weighted by Gasteiger charge is -2.26. The van der Waals surface area contributed by atoms with Gasteiger partial charge >= 0.3 is 0 Å². The summed E-state index contributed by atoms with van der Waals surface area (Å²) in [5.74, 6) is -0.213. The molecule has 0 bridgehead atoms. The third kappa shape index (κ3) is 2.86. The van der Waals surface area contributed by atoms with Crippen LogP contribution in [0.3, 0.4) is 0 Å². The van der Waals surface area contributed by atoms with Crippen LogP contribution in [0.2, 0.25) is 0 Å². The van der Waals surface area contributed by atoms with Crippen LogP contribution in [0.4, 0.5) is 0 Å². The van der Waals surface area contributed by atoms with Crippen molar-refractivity contribution in [3.8, 4) is 0 Å². The van der Waals surface area contributed by atoms with Crippen molar-refractivity contribution in [2.45, 2.75) is 26.3 Å². The molecule has 1 aliphatic heterocycles. The quantitative estimate of drug-likeness (QED) is 0.852. The molecule has 1 saturated heterocycles. The number of aromatic nitrogens is 2. The van der Waals surface area contributed by atoms with Crippen LogP contribution in [-0.2, 0) is 0 Å². The van der Waals surface area contributed by atoms with Crippen LogP contribution in [0, 0.1) is 0 Å². The van der Waals surface area contributed by atoms with Crippen molar-refractivity contribution in [1.82, 2.24) is 19.2 Å². The second-order valence-electron chi connectivity index (χ2n) is 5.82. The van der Waals surface area contributed by atoms with Crippen LogP contribution in [0.15, 0.2) is 35.4 Å². The first-order chi connectivity index (χ1) is 11.2. The van der Waals surface area contributed by atoms with E-state index in [9.17, 15) is 9.59 Å². The number of nitrogens with zero attached hydrogens (tertiary/aromatic N) is 4. The maximum atomic E-state index is 12.7. The first kappa shape index (κ1) is 15.7. The number of carbonyl (C=O) groups is 1. The molecule has 0 radical (unpaired) electrons. The van der Waals surface area contributed by atoms with Gasteiger partial charge in [0.05, 0.1) is 0 Å². The lowest BCUT2D eigenvalue weighted by molar-refractivity contribution is 0.0775. The maximum absolute atomic E-state index is 12.7. The number of pyridine rings is 1. The number of likely N-dealkylation sites (tertiary alicyclic amines) is 1. The van der Waals surface area contributed by atoms with Gasteiger partial charge in [-0.1, -0.05) is 19.9 Å². The fourth-order valence-electron chi connectivity index (χ4n) is 3.31. The molecule has 3 rings (SSSR count). The van der Waals surface area contributed by atoms with Gasteiger partial charge in [0.25, 0.3) is 11.5 Å². The molecule has 0 saturated carbocycles. The Morgan fingerprint density at radius 2 is 2.13 bits per heavy atom. The molecule has 2 aromatic rings. The zero-order valence-corrected chi connectivity index (χ0v) is 13.6. The van der Waals surface area contributed by atoms with Gasteiger partial charge in [-0.2, -0.15) is 0 Å². The van der Waals surface area contributed by atoms with Crippen LogP contribution in [0.1, 0.15) is 30.6 Å². The largest absolute Gasteiger partial charge is 0.337 e. The number of rotatable bonds is 4. The Bertz CT molecular complexity index is 767. The molecule has 1 atom stereocenters.